The van der Waals surface area contributed by atoms with Gasteiger partial charge in [-0.25, -0.2) is 4.79 Å². The predicted octanol–water partition coefficient (Wildman–Crippen LogP) is 3.71. The van der Waals surface area contributed by atoms with Crippen molar-refractivity contribution in [3.63, 3.8) is 0 Å². The lowest BCUT2D eigenvalue weighted by Gasteiger charge is -2.50. The van der Waals surface area contributed by atoms with Crippen molar-refractivity contribution in [3.05, 3.63) is 23.6 Å². The molecule has 1 heterocycles. The number of hydrogen-bond donors (Lipinski definition) is 0. The van der Waals surface area contributed by atoms with E-state index in [0.29, 0.717) is 5.20 Å². The SMILES string of the molecule is COC(=O)C1=CC=CO[Si]1(C(C)(C)C)C(C)(C)C. The number of hydrogen-bond acceptors (Lipinski definition) is 3. The van der Waals surface area contributed by atoms with E-state index in [2.05, 4.69) is 41.5 Å². The van der Waals surface area contributed by atoms with Gasteiger partial charge in [0.1, 0.15) is 0 Å². The van der Waals surface area contributed by atoms with Crippen molar-refractivity contribution in [2.45, 2.75) is 51.6 Å². The first kappa shape index (κ1) is 15.0. The maximum absolute atomic E-state index is 12.1. The highest BCUT2D eigenvalue weighted by molar-refractivity contribution is 6.89. The molecule has 18 heavy (non-hydrogen) atoms. The average Bonchev–Trinajstić information content (AvgIpc) is 2.24. The van der Waals surface area contributed by atoms with Crippen molar-refractivity contribution < 1.29 is 14.0 Å². The Labute approximate surface area is 111 Å². The molecule has 0 unspecified atom stereocenters. The van der Waals surface area contributed by atoms with Crippen molar-refractivity contribution in [1.29, 1.82) is 0 Å². The molecule has 1 aliphatic heterocycles. The zero-order valence-corrected chi connectivity index (χ0v) is 13.5. The van der Waals surface area contributed by atoms with Gasteiger partial charge < -0.3 is 9.16 Å². The van der Waals surface area contributed by atoms with Crippen LogP contribution >= 0.6 is 0 Å². The highest BCUT2D eigenvalue weighted by Crippen LogP contribution is 2.56. The van der Waals surface area contributed by atoms with Gasteiger partial charge in [-0.15, -0.1) is 0 Å². The van der Waals surface area contributed by atoms with E-state index in [9.17, 15) is 4.79 Å². The summed E-state index contributed by atoms with van der Waals surface area (Å²) in [6.45, 7) is 12.8. The second-order valence-corrected chi connectivity index (χ2v) is 11.8. The van der Waals surface area contributed by atoms with E-state index in [-0.39, 0.29) is 16.0 Å². The van der Waals surface area contributed by atoms with E-state index in [1.165, 1.54) is 7.11 Å². The van der Waals surface area contributed by atoms with Crippen LogP contribution in [0.4, 0.5) is 0 Å². The van der Waals surface area contributed by atoms with Crippen molar-refractivity contribution in [2.75, 3.05) is 7.11 Å². The molecule has 1 rings (SSSR count). The monoisotopic (exact) mass is 268 g/mol. The molecular weight excluding hydrogens is 244 g/mol. The number of ether oxygens (including phenoxy) is 1. The van der Waals surface area contributed by atoms with Crippen LogP contribution < -0.4 is 0 Å². The fourth-order valence-corrected chi connectivity index (χ4v) is 8.77. The van der Waals surface area contributed by atoms with E-state index in [1.54, 1.807) is 12.3 Å². The summed E-state index contributed by atoms with van der Waals surface area (Å²) in [5.74, 6) is -0.268. The normalized spacial score (nSPS) is 18.9. The van der Waals surface area contributed by atoms with E-state index in [4.69, 9.17) is 9.16 Å². The van der Waals surface area contributed by atoms with Crippen molar-refractivity contribution >= 4 is 14.3 Å². The van der Waals surface area contributed by atoms with Gasteiger partial charge in [-0.1, -0.05) is 41.5 Å². The zero-order valence-electron chi connectivity index (χ0n) is 12.5. The van der Waals surface area contributed by atoms with E-state index in [1.807, 2.05) is 6.08 Å². The standard InChI is InChI=1S/C14H24O3Si/c1-13(2,3)18(14(4,5)6)11(12(15)16-7)9-8-10-17-18/h8-10H,1-7H3. The highest BCUT2D eigenvalue weighted by Gasteiger charge is 2.61. The van der Waals surface area contributed by atoms with Gasteiger partial charge in [0, 0.05) is 0 Å². The summed E-state index contributed by atoms with van der Waals surface area (Å²) in [5.41, 5.74) is 0. The first-order valence-electron chi connectivity index (χ1n) is 6.21. The number of carbonyl (C=O) groups is 1. The van der Waals surface area contributed by atoms with Crippen LogP contribution in [-0.4, -0.2) is 21.4 Å². The van der Waals surface area contributed by atoms with Crippen LogP contribution in [0.5, 0.6) is 0 Å². The Morgan fingerprint density at radius 1 is 1.17 bits per heavy atom. The molecule has 0 aromatic rings. The zero-order chi connectivity index (χ0) is 14.2. The van der Waals surface area contributed by atoms with Crippen LogP contribution in [0.15, 0.2) is 23.6 Å². The third kappa shape index (κ3) is 2.14. The maximum Gasteiger partial charge on any atom is 0.333 e. The molecule has 4 heteroatoms. The molecule has 0 bridgehead atoms. The van der Waals surface area contributed by atoms with Gasteiger partial charge in [0.2, 0.25) is 0 Å². The molecule has 0 atom stereocenters. The summed E-state index contributed by atoms with van der Waals surface area (Å²) in [4.78, 5) is 12.1. The van der Waals surface area contributed by atoms with Gasteiger partial charge in [-0.05, 0) is 22.2 Å². The van der Waals surface area contributed by atoms with Gasteiger partial charge >= 0.3 is 5.97 Å². The number of esters is 1. The van der Waals surface area contributed by atoms with Gasteiger partial charge in [-0.3, -0.25) is 0 Å². The molecule has 0 spiro atoms. The minimum absolute atomic E-state index is 0.101. The first-order valence-corrected chi connectivity index (χ1v) is 8.12. The molecule has 0 N–H and O–H groups in total. The predicted molar refractivity (Wildman–Crippen MR) is 75.5 cm³/mol. The van der Waals surface area contributed by atoms with E-state index < -0.39 is 8.32 Å². The molecule has 0 aromatic heterocycles. The fourth-order valence-electron chi connectivity index (χ4n) is 3.07. The van der Waals surface area contributed by atoms with Gasteiger partial charge in [0.05, 0.1) is 18.6 Å². The summed E-state index contributed by atoms with van der Waals surface area (Å²) < 4.78 is 11.1. The van der Waals surface area contributed by atoms with Gasteiger partial charge in [-0.2, -0.15) is 0 Å². The lowest BCUT2D eigenvalue weighted by molar-refractivity contribution is -0.135. The smallest absolute Gasteiger partial charge is 0.333 e. The molecule has 0 amide bonds. The summed E-state index contributed by atoms with van der Waals surface area (Å²) in [7, 11) is -1.08. The van der Waals surface area contributed by atoms with Crippen LogP contribution in [0.2, 0.25) is 10.1 Å². The highest BCUT2D eigenvalue weighted by atomic mass is 28.4. The maximum atomic E-state index is 12.1. The molecule has 102 valence electrons. The van der Waals surface area contributed by atoms with Crippen LogP contribution in [-0.2, 0) is 14.0 Å². The Morgan fingerprint density at radius 3 is 2.06 bits per heavy atom. The van der Waals surface area contributed by atoms with Gasteiger partial charge in [0.25, 0.3) is 8.32 Å². The Hall–Kier alpha value is -1.03. The molecule has 0 radical (unpaired) electrons. The van der Waals surface area contributed by atoms with Crippen molar-refractivity contribution in [2.24, 2.45) is 0 Å². The molecule has 0 aliphatic carbocycles. The van der Waals surface area contributed by atoms with Crippen LogP contribution in [0, 0.1) is 0 Å². The molecule has 3 nitrogen and oxygen atoms in total. The second kappa shape index (κ2) is 4.57. The molecule has 1 aliphatic rings. The lowest BCUT2D eigenvalue weighted by Crippen LogP contribution is -2.58. The van der Waals surface area contributed by atoms with E-state index >= 15 is 0 Å². The number of carbonyl (C=O) groups excluding carboxylic acids is 1. The number of methoxy groups -OCH3 is 1. The van der Waals surface area contributed by atoms with Gasteiger partial charge in [0.15, 0.2) is 0 Å². The number of rotatable bonds is 1. The third-order valence-corrected chi connectivity index (χ3v) is 9.33. The van der Waals surface area contributed by atoms with E-state index in [0.717, 1.165) is 0 Å². The molecule has 0 saturated carbocycles. The summed E-state index contributed by atoms with van der Waals surface area (Å²) >= 11 is 0. The molecular formula is C14H24O3Si. The third-order valence-electron chi connectivity index (χ3n) is 3.48. The minimum atomic E-state index is -2.50. The second-order valence-electron chi connectivity index (χ2n) is 6.70. The fraction of sp³-hybridized carbons (Fsp3) is 0.643. The minimum Gasteiger partial charge on any atom is -0.543 e. The summed E-state index contributed by atoms with van der Waals surface area (Å²) in [5, 5.41) is 0.513. The molecule has 0 aromatic carbocycles. The summed E-state index contributed by atoms with van der Waals surface area (Å²) in [6.07, 6.45) is 5.35. The van der Waals surface area contributed by atoms with Crippen LogP contribution in [0.1, 0.15) is 41.5 Å². The van der Waals surface area contributed by atoms with Crippen LogP contribution in [0.3, 0.4) is 0 Å². The number of allylic oxidation sites excluding steroid dienone is 2. The quantitative estimate of drug-likeness (QED) is 0.537. The topological polar surface area (TPSA) is 35.5 Å². The van der Waals surface area contributed by atoms with Crippen LogP contribution in [0.25, 0.3) is 0 Å². The molecule has 0 saturated heterocycles. The molecule has 0 fully saturated rings. The Kier molecular flexibility index (Phi) is 3.82. The Balaban J connectivity index is 3.49. The lowest BCUT2D eigenvalue weighted by atomic mass is 10.2. The Morgan fingerprint density at radius 2 is 1.67 bits per heavy atom. The average molecular weight is 268 g/mol. The van der Waals surface area contributed by atoms with Crippen molar-refractivity contribution in [3.8, 4) is 0 Å². The Bertz CT molecular complexity index is 380. The summed E-state index contributed by atoms with van der Waals surface area (Å²) in [6, 6.07) is 0. The van der Waals surface area contributed by atoms with Crippen molar-refractivity contribution in [1.82, 2.24) is 0 Å². The first-order chi connectivity index (χ1) is 8.08. The largest absolute Gasteiger partial charge is 0.543 e.